The highest BCUT2D eigenvalue weighted by atomic mass is 31.2. The van der Waals surface area contributed by atoms with Gasteiger partial charge in [0.15, 0.2) is 28.5 Å². The van der Waals surface area contributed by atoms with Crippen LogP contribution < -0.4 is 16.0 Å². The summed E-state index contributed by atoms with van der Waals surface area (Å²) in [5.41, 5.74) is 6.10. The summed E-state index contributed by atoms with van der Waals surface area (Å²) in [5, 5.41) is 0. The maximum absolute atomic E-state index is 14.1. The molecule has 1 aromatic carbocycles. The Balaban J connectivity index is 1.34. The van der Waals surface area contributed by atoms with Crippen molar-refractivity contribution in [3.05, 3.63) is 46.3 Å². The average molecular weight is 566 g/mol. The summed E-state index contributed by atoms with van der Waals surface area (Å²) < 4.78 is 51.1. The van der Waals surface area contributed by atoms with Crippen molar-refractivity contribution in [3.63, 3.8) is 0 Å². The first-order valence-corrected chi connectivity index (χ1v) is 14.5. The van der Waals surface area contributed by atoms with Gasteiger partial charge in [-0.05, 0) is 30.5 Å². The third kappa shape index (κ3) is 7.72. The van der Waals surface area contributed by atoms with Gasteiger partial charge in [-0.25, -0.2) is 9.37 Å². The molecule has 1 aliphatic carbocycles. The zero-order chi connectivity index (χ0) is 27.8. The molecule has 212 valence electrons. The van der Waals surface area contributed by atoms with Crippen LogP contribution in [0.3, 0.4) is 0 Å². The van der Waals surface area contributed by atoms with Crippen LogP contribution in [-0.4, -0.2) is 58.4 Å². The lowest BCUT2D eigenvalue weighted by atomic mass is 9.86. The summed E-state index contributed by atoms with van der Waals surface area (Å²) >= 11 is 0. The van der Waals surface area contributed by atoms with Gasteiger partial charge in [0.1, 0.15) is 6.61 Å². The lowest BCUT2D eigenvalue weighted by Crippen LogP contribution is -2.22. The van der Waals surface area contributed by atoms with Crippen LogP contribution in [0.15, 0.2) is 29.3 Å². The van der Waals surface area contributed by atoms with Crippen molar-refractivity contribution in [2.75, 3.05) is 38.8 Å². The number of hydrogen-bond acceptors (Lipinski definition) is 10. The van der Waals surface area contributed by atoms with Crippen molar-refractivity contribution in [2.24, 2.45) is 5.92 Å². The molecule has 0 radical (unpaired) electrons. The normalized spacial score (nSPS) is 15.8. The van der Waals surface area contributed by atoms with E-state index in [4.69, 9.17) is 24.3 Å². The Hall–Kier alpha value is -3.12. The van der Waals surface area contributed by atoms with E-state index in [1.807, 2.05) is 0 Å². The zero-order valence-electron chi connectivity index (χ0n) is 21.8. The zero-order valence-corrected chi connectivity index (χ0v) is 22.7. The SMILES string of the molecule is COc1ccc(COP(=O)(CCOCCn2cnc3c(=O)[nH]c(N)nc32)OCC(=O)C2CCCCC2)cc1F. The first-order valence-electron chi connectivity index (χ1n) is 12.8. The van der Waals surface area contributed by atoms with Crippen LogP contribution in [0.2, 0.25) is 0 Å². The second-order valence-corrected chi connectivity index (χ2v) is 11.5. The van der Waals surface area contributed by atoms with E-state index in [2.05, 4.69) is 15.0 Å². The molecule has 1 saturated carbocycles. The largest absolute Gasteiger partial charge is 0.494 e. The smallest absolute Gasteiger partial charge is 0.333 e. The number of aromatic amines is 1. The molecule has 0 saturated heterocycles. The number of fused-ring (bicyclic) bond motifs is 1. The Bertz CT molecular complexity index is 1390. The lowest BCUT2D eigenvalue weighted by molar-refractivity contribution is -0.126. The van der Waals surface area contributed by atoms with Gasteiger partial charge >= 0.3 is 7.60 Å². The van der Waals surface area contributed by atoms with E-state index in [0.717, 1.165) is 32.1 Å². The molecule has 39 heavy (non-hydrogen) atoms. The molecular weight excluding hydrogens is 532 g/mol. The van der Waals surface area contributed by atoms with Crippen molar-refractivity contribution in [2.45, 2.75) is 45.3 Å². The first-order chi connectivity index (χ1) is 18.8. The van der Waals surface area contributed by atoms with Gasteiger partial charge in [0.05, 0.1) is 39.4 Å². The van der Waals surface area contributed by atoms with Gasteiger partial charge in [0.25, 0.3) is 5.56 Å². The highest BCUT2D eigenvalue weighted by molar-refractivity contribution is 7.53. The highest BCUT2D eigenvalue weighted by Gasteiger charge is 2.29. The van der Waals surface area contributed by atoms with Crippen LogP contribution in [0.5, 0.6) is 5.75 Å². The van der Waals surface area contributed by atoms with Crippen LogP contribution in [0.25, 0.3) is 11.2 Å². The second kappa shape index (κ2) is 13.3. The molecule has 14 heteroatoms. The number of nitrogens with two attached hydrogens (primary N) is 1. The molecule has 4 rings (SSSR count). The summed E-state index contributed by atoms with van der Waals surface area (Å²) in [7, 11) is -2.41. The average Bonchev–Trinajstić information content (AvgIpc) is 3.34. The van der Waals surface area contributed by atoms with Crippen LogP contribution in [-0.2, 0) is 36.3 Å². The number of nitrogens with one attached hydrogen (secondary N) is 1. The predicted molar refractivity (Wildman–Crippen MR) is 141 cm³/mol. The number of aromatic nitrogens is 4. The summed E-state index contributed by atoms with van der Waals surface area (Å²) in [6.07, 6.45) is 6.04. The minimum Gasteiger partial charge on any atom is -0.494 e. The maximum atomic E-state index is 14.1. The number of halogens is 1. The third-order valence-corrected chi connectivity index (χ3v) is 8.36. The number of Topliss-reactive ketones (excluding diaryl/α,β-unsaturated/α-hetero) is 1. The molecule has 1 fully saturated rings. The van der Waals surface area contributed by atoms with Crippen LogP contribution in [0, 0.1) is 11.7 Å². The molecule has 2 aromatic heterocycles. The number of anilines is 1. The number of rotatable bonds is 14. The van der Waals surface area contributed by atoms with Gasteiger partial charge in [0.2, 0.25) is 5.95 Å². The Morgan fingerprint density at radius 2 is 2.03 bits per heavy atom. The monoisotopic (exact) mass is 565 g/mol. The fourth-order valence-corrected chi connectivity index (χ4v) is 5.77. The molecule has 2 heterocycles. The molecule has 1 unspecified atom stereocenters. The Labute approximate surface area is 224 Å². The first kappa shape index (κ1) is 28.9. The van der Waals surface area contributed by atoms with Gasteiger partial charge in [-0.15, -0.1) is 0 Å². The van der Waals surface area contributed by atoms with Crippen molar-refractivity contribution in [1.82, 2.24) is 19.5 Å². The van der Waals surface area contributed by atoms with Gasteiger partial charge < -0.3 is 28.8 Å². The lowest BCUT2D eigenvalue weighted by Gasteiger charge is -2.22. The highest BCUT2D eigenvalue weighted by Crippen LogP contribution is 2.49. The van der Waals surface area contributed by atoms with E-state index in [1.165, 1.54) is 25.6 Å². The van der Waals surface area contributed by atoms with Gasteiger partial charge in [0, 0.05) is 12.5 Å². The molecule has 3 N–H and O–H groups in total. The van der Waals surface area contributed by atoms with E-state index in [9.17, 15) is 18.5 Å². The van der Waals surface area contributed by atoms with Crippen molar-refractivity contribution >= 4 is 30.5 Å². The summed E-state index contributed by atoms with van der Waals surface area (Å²) in [5.74, 6) is -0.708. The predicted octanol–water partition coefficient (Wildman–Crippen LogP) is 3.44. The molecule has 3 aromatic rings. The van der Waals surface area contributed by atoms with E-state index in [-0.39, 0.29) is 61.5 Å². The summed E-state index contributed by atoms with van der Waals surface area (Å²) in [6.45, 7) is 0.00292. The minimum atomic E-state index is -3.77. The molecule has 0 spiro atoms. The van der Waals surface area contributed by atoms with Crippen LogP contribution in [0.1, 0.15) is 37.7 Å². The molecular formula is C25H33FN5O7P. The standard InChI is InChI=1S/C25H33FN5O7P/c1-35-21-8-7-17(13-19(21)26)14-37-39(34,38-15-20(32)18-5-3-2-4-6-18)12-11-36-10-9-31-16-28-22-23(31)29-25(27)30-24(22)33/h7-8,13,16,18H,2-6,9-12,14-15H2,1H3,(H3,27,29,30,33). The van der Waals surface area contributed by atoms with Crippen molar-refractivity contribution < 1.29 is 32.3 Å². The summed E-state index contributed by atoms with van der Waals surface area (Å²) in [4.78, 5) is 35.1. The Morgan fingerprint density at radius 1 is 1.23 bits per heavy atom. The van der Waals surface area contributed by atoms with Crippen molar-refractivity contribution in [1.29, 1.82) is 0 Å². The fourth-order valence-electron chi connectivity index (χ4n) is 4.42. The van der Waals surface area contributed by atoms with Gasteiger partial charge in [-0.3, -0.25) is 19.1 Å². The van der Waals surface area contributed by atoms with E-state index < -0.39 is 19.0 Å². The molecule has 1 aliphatic rings. The second-order valence-electron chi connectivity index (χ2n) is 9.33. The fraction of sp³-hybridized carbons (Fsp3) is 0.520. The number of ether oxygens (including phenoxy) is 2. The molecule has 0 amide bonds. The third-order valence-electron chi connectivity index (χ3n) is 6.59. The number of methoxy groups -OCH3 is 1. The number of nitrogen functional groups attached to an aromatic ring is 1. The minimum absolute atomic E-state index is 0.00858. The Kier molecular flexibility index (Phi) is 9.84. The van der Waals surface area contributed by atoms with Crippen molar-refractivity contribution in [3.8, 4) is 5.75 Å². The van der Waals surface area contributed by atoms with Gasteiger partial charge in [-0.2, -0.15) is 4.98 Å². The van der Waals surface area contributed by atoms with Crippen LogP contribution in [0.4, 0.5) is 10.3 Å². The summed E-state index contributed by atoms with van der Waals surface area (Å²) in [6, 6.07) is 4.27. The number of benzene rings is 1. The number of imidazole rings is 1. The van der Waals surface area contributed by atoms with Crippen LogP contribution >= 0.6 is 7.60 Å². The number of carbonyl (C=O) groups excluding carboxylic acids is 1. The molecule has 12 nitrogen and oxygen atoms in total. The van der Waals surface area contributed by atoms with E-state index in [1.54, 1.807) is 10.6 Å². The molecule has 0 aliphatic heterocycles. The number of carbonyl (C=O) groups is 1. The molecule has 1 atom stereocenters. The number of hydrogen-bond donors (Lipinski definition) is 2. The molecule has 0 bridgehead atoms. The number of nitrogens with zero attached hydrogens (tertiary/aromatic N) is 3. The van der Waals surface area contributed by atoms with Gasteiger partial charge in [-0.1, -0.05) is 25.3 Å². The quantitative estimate of drug-likeness (QED) is 0.219. The van der Waals surface area contributed by atoms with E-state index >= 15 is 0 Å². The maximum Gasteiger partial charge on any atom is 0.333 e. The number of ketones is 1. The van der Waals surface area contributed by atoms with E-state index in [0.29, 0.717) is 17.8 Å². The topological polar surface area (TPSA) is 161 Å². The number of H-pyrrole nitrogens is 1. The Morgan fingerprint density at radius 3 is 2.77 bits per heavy atom.